The van der Waals surface area contributed by atoms with Crippen molar-refractivity contribution in [2.45, 2.75) is 13.8 Å². The summed E-state index contributed by atoms with van der Waals surface area (Å²) in [7, 11) is 0. The minimum atomic E-state index is 0.509. The molecule has 2 N–H and O–H groups in total. The Hall–Kier alpha value is -0.280. The molecule has 0 aromatic carbocycles. The minimum absolute atomic E-state index is 0.509. The van der Waals surface area contributed by atoms with Crippen LogP contribution in [0.1, 0.15) is 11.3 Å². The Morgan fingerprint density at radius 3 is 2.55 bits per heavy atom. The van der Waals surface area contributed by atoms with Gasteiger partial charge >= 0.3 is 0 Å². The summed E-state index contributed by atoms with van der Waals surface area (Å²) in [6, 6.07) is 0. The van der Waals surface area contributed by atoms with Crippen LogP contribution in [0, 0.1) is 13.8 Å². The summed E-state index contributed by atoms with van der Waals surface area (Å²) in [5.74, 6) is 0. The van der Waals surface area contributed by atoms with Crippen LogP contribution in [0.4, 0.5) is 5.69 Å². The molecule has 0 radical (unpaired) electrons. The van der Waals surface area contributed by atoms with Crippen molar-refractivity contribution in [2.24, 2.45) is 0 Å². The number of nitrogen functional groups attached to an aromatic ring is 1. The van der Waals surface area contributed by atoms with E-state index in [4.69, 9.17) is 17.3 Å². The third kappa shape index (κ3) is 1.49. The molecule has 0 aliphatic rings. The number of aromatic nitrogens is 1. The van der Waals surface area contributed by atoms with Gasteiger partial charge in [-0.25, -0.2) is 4.98 Å². The topological polar surface area (TPSA) is 38.9 Å². The highest BCUT2D eigenvalue weighted by Gasteiger charge is 2.07. The fraction of sp³-hybridized carbons (Fsp3) is 0.286. The first-order valence-corrected chi connectivity index (χ1v) is 4.28. The van der Waals surface area contributed by atoms with Gasteiger partial charge in [0, 0.05) is 5.69 Å². The average molecular weight is 236 g/mol. The van der Waals surface area contributed by atoms with E-state index in [1.165, 1.54) is 0 Å². The Balaban J connectivity index is 3.46. The lowest BCUT2D eigenvalue weighted by atomic mass is 10.2. The van der Waals surface area contributed by atoms with E-state index in [0.29, 0.717) is 15.3 Å². The Bertz CT molecular complexity index is 273. The number of halogens is 2. The first-order valence-electron chi connectivity index (χ1n) is 3.11. The second-order valence-corrected chi connectivity index (χ2v) is 3.47. The van der Waals surface area contributed by atoms with Crippen molar-refractivity contribution in [3.8, 4) is 0 Å². The van der Waals surface area contributed by atoms with Gasteiger partial charge in [0.2, 0.25) is 0 Å². The number of nitrogens with zero attached hydrogens (tertiary/aromatic N) is 1. The van der Waals surface area contributed by atoms with Crippen LogP contribution in [-0.4, -0.2) is 4.98 Å². The first kappa shape index (κ1) is 8.81. The van der Waals surface area contributed by atoms with Gasteiger partial charge in [0.1, 0.15) is 4.60 Å². The number of anilines is 1. The molecule has 4 heteroatoms. The zero-order chi connectivity index (χ0) is 8.59. The van der Waals surface area contributed by atoms with Crippen molar-refractivity contribution in [1.29, 1.82) is 0 Å². The van der Waals surface area contributed by atoms with Crippen LogP contribution in [0.15, 0.2) is 4.60 Å². The van der Waals surface area contributed by atoms with Gasteiger partial charge in [-0.15, -0.1) is 0 Å². The van der Waals surface area contributed by atoms with Crippen LogP contribution in [0.25, 0.3) is 0 Å². The predicted molar refractivity (Wildman–Crippen MR) is 50.8 cm³/mol. The maximum atomic E-state index is 5.89. The number of rotatable bonds is 0. The molecule has 11 heavy (non-hydrogen) atoms. The van der Waals surface area contributed by atoms with Crippen molar-refractivity contribution < 1.29 is 0 Å². The third-order valence-corrected chi connectivity index (χ3v) is 2.69. The molecule has 0 amide bonds. The molecule has 2 nitrogen and oxygen atoms in total. The van der Waals surface area contributed by atoms with E-state index in [9.17, 15) is 0 Å². The number of nitrogens with two attached hydrogens (primary N) is 1. The van der Waals surface area contributed by atoms with E-state index in [0.717, 1.165) is 11.3 Å². The fourth-order valence-corrected chi connectivity index (χ4v) is 1.55. The van der Waals surface area contributed by atoms with E-state index in [1.807, 2.05) is 13.8 Å². The zero-order valence-electron chi connectivity index (χ0n) is 6.28. The largest absolute Gasteiger partial charge is 0.395 e. The lowest BCUT2D eigenvalue weighted by Crippen LogP contribution is -1.96. The molecule has 0 aliphatic heterocycles. The summed E-state index contributed by atoms with van der Waals surface area (Å²) in [5, 5.41) is 0.587. The highest BCUT2D eigenvalue weighted by Crippen LogP contribution is 2.29. The molecule has 0 atom stereocenters. The van der Waals surface area contributed by atoms with Crippen molar-refractivity contribution in [3.05, 3.63) is 20.9 Å². The van der Waals surface area contributed by atoms with Gasteiger partial charge in [-0.2, -0.15) is 0 Å². The quantitative estimate of drug-likeness (QED) is 0.702. The van der Waals surface area contributed by atoms with E-state index in [1.54, 1.807) is 0 Å². The summed E-state index contributed by atoms with van der Waals surface area (Å²) in [6.07, 6.45) is 0. The molecule has 0 spiro atoms. The van der Waals surface area contributed by atoms with Gasteiger partial charge in [0.05, 0.1) is 10.7 Å². The molecular formula is C7H8BrClN2. The van der Waals surface area contributed by atoms with Crippen molar-refractivity contribution in [1.82, 2.24) is 4.98 Å². The van der Waals surface area contributed by atoms with Crippen LogP contribution in [0.5, 0.6) is 0 Å². The van der Waals surface area contributed by atoms with Gasteiger partial charge in [-0.3, -0.25) is 0 Å². The number of aryl methyl sites for hydroxylation is 1. The van der Waals surface area contributed by atoms with Gasteiger partial charge in [0.15, 0.2) is 0 Å². The molecule has 0 unspecified atom stereocenters. The number of pyridine rings is 1. The lowest BCUT2D eigenvalue weighted by Gasteiger charge is -2.06. The van der Waals surface area contributed by atoms with Crippen LogP contribution in [0.2, 0.25) is 5.02 Å². The number of hydrogen-bond acceptors (Lipinski definition) is 2. The van der Waals surface area contributed by atoms with Gasteiger partial charge in [-0.05, 0) is 35.3 Å². The van der Waals surface area contributed by atoms with Gasteiger partial charge in [-0.1, -0.05) is 11.6 Å². The van der Waals surface area contributed by atoms with E-state index < -0.39 is 0 Å². The van der Waals surface area contributed by atoms with Crippen molar-refractivity contribution >= 4 is 33.2 Å². The second-order valence-electron chi connectivity index (χ2n) is 2.34. The summed E-state index contributed by atoms with van der Waals surface area (Å²) in [5.41, 5.74) is 7.96. The highest BCUT2D eigenvalue weighted by atomic mass is 79.9. The lowest BCUT2D eigenvalue weighted by molar-refractivity contribution is 1.13. The molecule has 0 bridgehead atoms. The van der Waals surface area contributed by atoms with E-state index >= 15 is 0 Å². The molecule has 0 aliphatic carbocycles. The van der Waals surface area contributed by atoms with Crippen molar-refractivity contribution in [2.75, 3.05) is 5.73 Å². The van der Waals surface area contributed by atoms with Gasteiger partial charge < -0.3 is 5.73 Å². The third-order valence-electron chi connectivity index (χ3n) is 1.60. The van der Waals surface area contributed by atoms with E-state index in [2.05, 4.69) is 20.9 Å². The standard InChI is InChI=1S/C7H8BrClN2/c1-3-4(2)11-7(8)6(10)5(3)9/h10H2,1-2H3. The molecule has 0 saturated carbocycles. The highest BCUT2D eigenvalue weighted by molar-refractivity contribution is 9.10. The first-order chi connectivity index (χ1) is 5.04. The smallest absolute Gasteiger partial charge is 0.130 e. The second kappa shape index (κ2) is 2.99. The van der Waals surface area contributed by atoms with Crippen molar-refractivity contribution in [3.63, 3.8) is 0 Å². The molecule has 0 fully saturated rings. The van der Waals surface area contributed by atoms with Gasteiger partial charge in [0.25, 0.3) is 0 Å². The Morgan fingerprint density at radius 2 is 2.00 bits per heavy atom. The van der Waals surface area contributed by atoms with Crippen LogP contribution in [0.3, 0.4) is 0 Å². The molecule has 1 rings (SSSR count). The minimum Gasteiger partial charge on any atom is -0.395 e. The number of hydrogen-bond donors (Lipinski definition) is 1. The maximum absolute atomic E-state index is 5.89. The molecule has 1 aromatic rings. The Labute approximate surface area is 78.9 Å². The molecule has 1 heterocycles. The Morgan fingerprint density at radius 1 is 1.45 bits per heavy atom. The predicted octanol–water partition coefficient (Wildman–Crippen LogP) is 2.70. The summed E-state index contributed by atoms with van der Waals surface area (Å²) < 4.78 is 0.616. The van der Waals surface area contributed by atoms with Crippen LogP contribution >= 0.6 is 27.5 Å². The van der Waals surface area contributed by atoms with Crippen LogP contribution < -0.4 is 5.73 Å². The summed E-state index contributed by atoms with van der Waals surface area (Å²) >= 11 is 9.10. The summed E-state index contributed by atoms with van der Waals surface area (Å²) in [4.78, 5) is 4.14. The van der Waals surface area contributed by atoms with Crippen LogP contribution in [-0.2, 0) is 0 Å². The molecule has 60 valence electrons. The molecular weight excluding hydrogens is 227 g/mol. The monoisotopic (exact) mass is 234 g/mol. The average Bonchev–Trinajstić information content (AvgIpc) is 1.97. The normalized spacial score (nSPS) is 10.2. The van der Waals surface area contributed by atoms with E-state index in [-0.39, 0.29) is 0 Å². The fourth-order valence-electron chi connectivity index (χ4n) is 0.743. The SMILES string of the molecule is Cc1nc(Br)c(N)c(Cl)c1C. The maximum Gasteiger partial charge on any atom is 0.130 e. The molecule has 1 aromatic heterocycles. The molecule has 0 saturated heterocycles. The Kier molecular flexibility index (Phi) is 2.40. The zero-order valence-corrected chi connectivity index (χ0v) is 8.62. The summed E-state index contributed by atoms with van der Waals surface area (Å²) in [6.45, 7) is 3.79.